The van der Waals surface area contributed by atoms with Crippen molar-refractivity contribution in [2.24, 2.45) is 0 Å². The minimum absolute atomic E-state index is 0. The van der Waals surface area contributed by atoms with Crippen molar-refractivity contribution < 1.29 is 14.3 Å². The van der Waals surface area contributed by atoms with E-state index < -0.39 is 0 Å². The second-order valence-electron chi connectivity index (χ2n) is 5.36. The molecule has 0 radical (unpaired) electrons. The number of carbonyl (C=O) groups is 1. The van der Waals surface area contributed by atoms with Crippen molar-refractivity contribution in [2.45, 2.75) is 48.8 Å². The van der Waals surface area contributed by atoms with Crippen LogP contribution in [0.2, 0.25) is 0 Å². The molecule has 27 heavy (non-hydrogen) atoms. The third-order valence-electron chi connectivity index (χ3n) is 3.48. The molecule has 0 unspecified atom stereocenters. The predicted octanol–water partition coefficient (Wildman–Crippen LogP) is 7.67. The van der Waals surface area contributed by atoms with Crippen molar-refractivity contribution >= 4 is 38.1 Å². The standard InChI is InChI=1S/C12H17BrO2.C8H7BrO.2CH4/c1-4-14-12(15-5-2)11-7-6-10(13)8-9(11)3;1-6-4-8(9)3-2-7(6)5-10;;/h6-8,12H,4-5H2,1-3H3;2-5H,1H3;2*1H4. The molecule has 0 aliphatic rings. The van der Waals surface area contributed by atoms with Gasteiger partial charge in [0.05, 0.1) is 0 Å². The molecule has 0 bridgehead atoms. The van der Waals surface area contributed by atoms with Crippen LogP contribution < -0.4 is 0 Å². The number of rotatable bonds is 6. The lowest BCUT2D eigenvalue weighted by Gasteiger charge is -2.19. The van der Waals surface area contributed by atoms with Crippen molar-refractivity contribution in [1.29, 1.82) is 0 Å². The Labute approximate surface area is 181 Å². The van der Waals surface area contributed by atoms with Crippen molar-refractivity contribution in [2.75, 3.05) is 13.2 Å². The molecule has 2 aromatic carbocycles. The quantitative estimate of drug-likeness (QED) is 0.299. The minimum Gasteiger partial charge on any atom is -0.349 e. The Bertz CT molecular complexity index is 681. The van der Waals surface area contributed by atoms with E-state index in [4.69, 9.17) is 9.47 Å². The fourth-order valence-electron chi connectivity index (χ4n) is 2.21. The van der Waals surface area contributed by atoms with Crippen LogP contribution in [0.25, 0.3) is 0 Å². The summed E-state index contributed by atoms with van der Waals surface area (Å²) in [6, 6.07) is 11.7. The molecule has 0 heterocycles. The van der Waals surface area contributed by atoms with E-state index in [0.29, 0.717) is 13.2 Å². The van der Waals surface area contributed by atoms with E-state index in [2.05, 4.69) is 44.8 Å². The molecule has 0 N–H and O–H groups in total. The van der Waals surface area contributed by atoms with Crippen LogP contribution in [0.3, 0.4) is 0 Å². The molecule has 0 spiro atoms. The highest BCUT2D eigenvalue weighted by Gasteiger charge is 2.13. The summed E-state index contributed by atoms with van der Waals surface area (Å²) < 4.78 is 13.2. The zero-order chi connectivity index (χ0) is 18.8. The summed E-state index contributed by atoms with van der Waals surface area (Å²) in [5.74, 6) is 0. The fraction of sp³-hybridized carbons (Fsp3) is 0.409. The van der Waals surface area contributed by atoms with Crippen LogP contribution in [0.15, 0.2) is 45.3 Å². The zero-order valence-electron chi connectivity index (χ0n) is 15.0. The Balaban J connectivity index is 0. The third kappa shape index (κ3) is 9.65. The monoisotopic (exact) mass is 502 g/mol. The number of benzene rings is 2. The van der Waals surface area contributed by atoms with Crippen LogP contribution in [-0.2, 0) is 9.47 Å². The zero-order valence-corrected chi connectivity index (χ0v) is 18.2. The highest BCUT2D eigenvalue weighted by atomic mass is 79.9. The molecule has 2 rings (SSSR count). The summed E-state index contributed by atoms with van der Waals surface area (Å²) in [5, 5.41) is 0. The van der Waals surface area contributed by atoms with Crippen LogP contribution in [0, 0.1) is 13.8 Å². The topological polar surface area (TPSA) is 35.5 Å². The number of hydrogen-bond donors (Lipinski definition) is 0. The number of aryl methyl sites for hydroxylation is 2. The van der Waals surface area contributed by atoms with Crippen molar-refractivity contribution in [3.8, 4) is 0 Å². The molecule has 0 aromatic heterocycles. The summed E-state index contributed by atoms with van der Waals surface area (Å²) in [6.07, 6.45) is 0.620. The first-order chi connectivity index (χ1) is 11.9. The summed E-state index contributed by atoms with van der Waals surface area (Å²) in [4.78, 5) is 10.3. The number of carbonyl (C=O) groups excluding carboxylic acids is 1. The van der Waals surface area contributed by atoms with Gasteiger partial charge in [0.15, 0.2) is 6.29 Å². The maximum atomic E-state index is 10.3. The lowest BCUT2D eigenvalue weighted by Crippen LogP contribution is -2.10. The van der Waals surface area contributed by atoms with Gasteiger partial charge in [0.25, 0.3) is 0 Å². The minimum atomic E-state index is -0.243. The number of aldehydes is 1. The van der Waals surface area contributed by atoms with Gasteiger partial charge in [-0.25, -0.2) is 0 Å². The van der Waals surface area contributed by atoms with Crippen LogP contribution in [0.4, 0.5) is 0 Å². The molecule has 152 valence electrons. The maximum Gasteiger partial charge on any atom is 0.184 e. The second kappa shape index (κ2) is 15.0. The van der Waals surface area contributed by atoms with Crippen molar-refractivity contribution in [3.63, 3.8) is 0 Å². The van der Waals surface area contributed by atoms with Gasteiger partial charge >= 0.3 is 0 Å². The fourth-order valence-corrected chi connectivity index (χ4v) is 3.16. The molecule has 0 saturated carbocycles. The maximum absolute atomic E-state index is 10.3. The van der Waals surface area contributed by atoms with Gasteiger partial charge in [0.2, 0.25) is 0 Å². The molecule has 0 saturated heterocycles. The second-order valence-corrected chi connectivity index (χ2v) is 7.19. The predicted molar refractivity (Wildman–Crippen MR) is 123 cm³/mol. The molecule has 0 amide bonds. The molecule has 5 heteroatoms. The number of hydrogen-bond acceptors (Lipinski definition) is 3. The molecular formula is C22H32Br2O3. The first-order valence-electron chi connectivity index (χ1n) is 8.13. The van der Waals surface area contributed by atoms with Gasteiger partial charge < -0.3 is 9.47 Å². The van der Waals surface area contributed by atoms with Gasteiger partial charge in [-0.15, -0.1) is 0 Å². The summed E-state index contributed by atoms with van der Waals surface area (Å²) in [6.45, 7) is 9.22. The molecule has 2 aromatic rings. The Morgan fingerprint density at radius 2 is 1.37 bits per heavy atom. The molecule has 0 aliphatic heterocycles. The Kier molecular flexibility index (Phi) is 15.6. The summed E-state index contributed by atoms with van der Waals surface area (Å²) in [7, 11) is 0. The van der Waals surface area contributed by atoms with E-state index in [9.17, 15) is 4.79 Å². The van der Waals surface area contributed by atoms with Crippen molar-refractivity contribution in [1.82, 2.24) is 0 Å². The lowest BCUT2D eigenvalue weighted by atomic mass is 10.1. The van der Waals surface area contributed by atoms with Gasteiger partial charge in [0, 0.05) is 33.3 Å². The van der Waals surface area contributed by atoms with Crippen LogP contribution in [0.1, 0.15) is 62.0 Å². The Morgan fingerprint density at radius 3 is 1.78 bits per heavy atom. The highest BCUT2D eigenvalue weighted by molar-refractivity contribution is 9.10. The van der Waals surface area contributed by atoms with Crippen LogP contribution in [-0.4, -0.2) is 19.5 Å². The highest BCUT2D eigenvalue weighted by Crippen LogP contribution is 2.25. The van der Waals surface area contributed by atoms with Gasteiger partial charge in [-0.2, -0.15) is 0 Å². The van der Waals surface area contributed by atoms with Gasteiger partial charge in [-0.3, -0.25) is 4.79 Å². The Morgan fingerprint density at radius 1 is 0.889 bits per heavy atom. The first kappa shape index (κ1) is 28.2. The van der Waals surface area contributed by atoms with E-state index in [1.54, 1.807) is 6.07 Å². The summed E-state index contributed by atoms with van der Waals surface area (Å²) in [5.41, 5.74) is 4.03. The van der Waals surface area contributed by atoms with E-state index in [1.165, 1.54) is 5.56 Å². The van der Waals surface area contributed by atoms with Gasteiger partial charge in [-0.05, 0) is 63.1 Å². The third-order valence-corrected chi connectivity index (χ3v) is 4.47. The normalized spacial score (nSPS) is 9.59. The van der Waals surface area contributed by atoms with Crippen LogP contribution in [0.5, 0.6) is 0 Å². The average molecular weight is 504 g/mol. The average Bonchev–Trinajstić information content (AvgIpc) is 2.55. The Hall–Kier alpha value is -1.01. The number of halogens is 2. The molecule has 0 atom stereocenters. The molecule has 0 fully saturated rings. The van der Waals surface area contributed by atoms with E-state index in [1.807, 2.05) is 45.0 Å². The molecule has 0 aliphatic carbocycles. The largest absolute Gasteiger partial charge is 0.349 e. The smallest absolute Gasteiger partial charge is 0.184 e. The first-order valence-corrected chi connectivity index (χ1v) is 9.72. The summed E-state index contributed by atoms with van der Waals surface area (Å²) >= 11 is 6.75. The van der Waals surface area contributed by atoms with Gasteiger partial charge in [-0.1, -0.05) is 58.8 Å². The number of ether oxygens (including phenoxy) is 2. The lowest BCUT2D eigenvalue weighted by molar-refractivity contribution is -0.140. The van der Waals surface area contributed by atoms with E-state index in [0.717, 1.165) is 31.9 Å². The molecular weight excluding hydrogens is 472 g/mol. The SMILES string of the molecule is C.C.CCOC(OCC)c1ccc(Br)cc1C.Cc1cc(Br)ccc1C=O. The van der Waals surface area contributed by atoms with E-state index >= 15 is 0 Å². The molecule has 3 nitrogen and oxygen atoms in total. The van der Waals surface area contributed by atoms with E-state index in [-0.39, 0.29) is 21.1 Å². The van der Waals surface area contributed by atoms with Crippen molar-refractivity contribution in [3.05, 3.63) is 67.6 Å². The van der Waals surface area contributed by atoms with Crippen LogP contribution >= 0.6 is 31.9 Å². The van der Waals surface area contributed by atoms with Gasteiger partial charge in [0.1, 0.15) is 6.29 Å².